The van der Waals surface area contributed by atoms with Gasteiger partial charge in [0.2, 0.25) is 0 Å². The Balaban J connectivity index is 3.12. The zero-order chi connectivity index (χ0) is 9.84. The molecule has 13 heavy (non-hydrogen) atoms. The second-order valence-corrected chi connectivity index (χ2v) is 2.77. The Morgan fingerprint density at radius 1 is 1.69 bits per heavy atom. The number of hydrogen-bond acceptors (Lipinski definition) is 3. The maximum absolute atomic E-state index is 5.44. The molecule has 1 rings (SSSR count). The van der Waals surface area contributed by atoms with Gasteiger partial charge in [-0.15, -0.1) is 0 Å². The number of allylic oxidation sites excluding steroid dienone is 2. The van der Waals surface area contributed by atoms with E-state index in [-0.39, 0.29) is 6.01 Å². The molecule has 0 radical (unpaired) electrons. The Bertz CT molecular complexity index is 337. The summed E-state index contributed by atoms with van der Waals surface area (Å²) in [5, 5.41) is 0. The number of nitrogens with zero attached hydrogens (tertiary/aromatic N) is 1. The van der Waals surface area contributed by atoms with Crippen LogP contribution in [0.15, 0.2) is 17.1 Å². The van der Waals surface area contributed by atoms with E-state index in [4.69, 9.17) is 10.2 Å². The van der Waals surface area contributed by atoms with Crippen LogP contribution in [0.5, 0.6) is 0 Å². The van der Waals surface area contributed by atoms with Gasteiger partial charge in [-0.2, -0.15) is 4.98 Å². The average molecular weight is 178 g/mol. The Labute approximate surface area is 78.0 Å². The first-order valence-corrected chi connectivity index (χ1v) is 4.25. The van der Waals surface area contributed by atoms with Crippen LogP contribution in [0.2, 0.25) is 0 Å². The van der Waals surface area contributed by atoms with E-state index < -0.39 is 0 Å². The molecule has 3 nitrogen and oxygen atoms in total. The van der Waals surface area contributed by atoms with Gasteiger partial charge in [0.05, 0.1) is 0 Å². The van der Waals surface area contributed by atoms with Crippen LogP contribution in [-0.4, -0.2) is 4.98 Å². The first-order chi connectivity index (χ1) is 6.19. The highest BCUT2D eigenvalue weighted by Gasteiger charge is 2.09. The molecule has 1 heterocycles. The van der Waals surface area contributed by atoms with Gasteiger partial charge in [-0.25, -0.2) is 0 Å². The highest BCUT2D eigenvalue weighted by atomic mass is 16.4. The quantitative estimate of drug-likeness (QED) is 0.774. The van der Waals surface area contributed by atoms with Gasteiger partial charge < -0.3 is 10.2 Å². The van der Waals surface area contributed by atoms with E-state index in [9.17, 15) is 0 Å². The van der Waals surface area contributed by atoms with E-state index >= 15 is 0 Å². The summed E-state index contributed by atoms with van der Waals surface area (Å²) in [4.78, 5) is 3.98. The van der Waals surface area contributed by atoms with Crippen LogP contribution in [0.1, 0.15) is 31.7 Å². The average Bonchev–Trinajstić information content (AvgIpc) is 2.47. The summed E-state index contributed by atoms with van der Waals surface area (Å²) in [6.45, 7) is 7.68. The van der Waals surface area contributed by atoms with Crippen molar-refractivity contribution in [2.24, 2.45) is 0 Å². The molecule has 0 fully saturated rings. The zero-order valence-electron chi connectivity index (χ0n) is 8.00. The number of nitrogen functional groups attached to an aromatic ring is 1. The van der Waals surface area contributed by atoms with Crippen molar-refractivity contribution in [2.75, 3.05) is 5.73 Å². The predicted octanol–water partition coefficient (Wildman–Crippen LogP) is 2.71. The largest absolute Gasteiger partial charge is 0.423 e. The topological polar surface area (TPSA) is 52.0 Å². The Kier molecular flexibility index (Phi) is 2.90. The minimum absolute atomic E-state index is 0.189. The summed E-state index contributed by atoms with van der Waals surface area (Å²) < 4.78 is 5.25. The molecule has 1 aromatic rings. The molecular formula is C10H14N2O. The van der Waals surface area contributed by atoms with Crippen molar-refractivity contribution in [2.45, 2.75) is 20.3 Å². The third kappa shape index (κ3) is 1.99. The Morgan fingerprint density at radius 2 is 2.38 bits per heavy atom. The fourth-order valence-corrected chi connectivity index (χ4v) is 1.17. The van der Waals surface area contributed by atoms with Crippen molar-refractivity contribution in [3.8, 4) is 0 Å². The zero-order valence-corrected chi connectivity index (χ0v) is 8.00. The third-order valence-electron chi connectivity index (χ3n) is 1.73. The molecular weight excluding hydrogens is 164 g/mol. The van der Waals surface area contributed by atoms with Crippen LogP contribution in [0.25, 0.3) is 11.6 Å². The van der Waals surface area contributed by atoms with E-state index in [0.717, 1.165) is 12.0 Å². The lowest BCUT2D eigenvalue weighted by atomic mass is 10.1. The number of anilines is 1. The van der Waals surface area contributed by atoms with E-state index in [1.54, 1.807) is 6.08 Å². The molecule has 0 bridgehead atoms. The fraction of sp³-hybridized carbons (Fsp3) is 0.300. The maximum atomic E-state index is 5.44. The van der Waals surface area contributed by atoms with Crippen LogP contribution in [0.4, 0.5) is 6.01 Å². The van der Waals surface area contributed by atoms with Crippen molar-refractivity contribution in [1.82, 2.24) is 4.98 Å². The summed E-state index contributed by atoms with van der Waals surface area (Å²) in [7, 11) is 0. The fourth-order valence-electron chi connectivity index (χ4n) is 1.17. The lowest BCUT2D eigenvalue weighted by molar-refractivity contribution is 0.565. The van der Waals surface area contributed by atoms with Crippen LogP contribution < -0.4 is 5.73 Å². The van der Waals surface area contributed by atoms with Crippen molar-refractivity contribution in [3.63, 3.8) is 0 Å². The molecule has 1 aromatic heterocycles. The van der Waals surface area contributed by atoms with Gasteiger partial charge in [0.1, 0.15) is 5.69 Å². The molecule has 0 aliphatic carbocycles. The highest BCUT2D eigenvalue weighted by molar-refractivity contribution is 5.67. The van der Waals surface area contributed by atoms with Gasteiger partial charge >= 0.3 is 0 Å². The van der Waals surface area contributed by atoms with Crippen LogP contribution >= 0.6 is 0 Å². The molecule has 2 N–H and O–H groups in total. The molecule has 0 spiro atoms. The Morgan fingerprint density at radius 3 is 2.92 bits per heavy atom. The molecule has 0 amide bonds. The molecule has 0 aliphatic heterocycles. The number of hydrogen-bond donors (Lipinski definition) is 1. The molecule has 0 saturated carbocycles. The number of nitrogens with two attached hydrogens (primary N) is 1. The van der Waals surface area contributed by atoms with E-state index in [2.05, 4.69) is 24.6 Å². The van der Waals surface area contributed by atoms with Gasteiger partial charge in [-0.1, -0.05) is 19.6 Å². The highest BCUT2D eigenvalue weighted by Crippen LogP contribution is 2.22. The minimum atomic E-state index is 0.189. The van der Waals surface area contributed by atoms with Crippen molar-refractivity contribution < 1.29 is 4.42 Å². The first kappa shape index (κ1) is 9.58. The lowest BCUT2D eigenvalue weighted by Crippen LogP contribution is -1.82. The SMILES string of the molecule is C=Cc1nc(N)oc1/C(C)=C\CC. The van der Waals surface area contributed by atoms with Crippen molar-refractivity contribution in [1.29, 1.82) is 0 Å². The Hall–Kier alpha value is -1.51. The van der Waals surface area contributed by atoms with E-state index in [0.29, 0.717) is 11.5 Å². The molecule has 3 heteroatoms. The summed E-state index contributed by atoms with van der Waals surface area (Å²) in [5.41, 5.74) is 7.19. The number of oxazole rings is 1. The molecule has 70 valence electrons. The van der Waals surface area contributed by atoms with E-state index in [1.165, 1.54) is 0 Å². The van der Waals surface area contributed by atoms with Gasteiger partial charge in [-0.3, -0.25) is 0 Å². The normalized spacial score (nSPS) is 11.7. The monoisotopic (exact) mass is 178 g/mol. The lowest BCUT2D eigenvalue weighted by Gasteiger charge is -1.95. The van der Waals surface area contributed by atoms with Gasteiger partial charge in [0.15, 0.2) is 5.76 Å². The number of aromatic nitrogens is 1. The van der Waals surface area contributed by atoms with Gasteiger partial charge in [0.25, 0.3) is 6.01 Å². The van der Waals surface area contributed by atoms with Crippen LogP contribution in [-0.2, 0) is 0 Å². The summed E-state index contributed by atoms with van der Waals surface area (Å²) >= 11 is 0. The molecule has 0 aliphatic rings. The van der Waals surface area contributed by atoms with Crippen molar-refractivity contribution >= 4 is 17.7 Å². The maximum Gasteiger partial charge on any atom is 0.292 e. The van der Waals surface area contributed by atoms with Gasteiger partial charge in [0, 0.05) is 0 Å². The smallest absolute Gasteiger partial charge is 0.292 e. The molecule has 0 unspecified atom stereocenters. The van der Waals surface area contributed by atoms with Crippen molar-refractivity contribution in [3.05, 3.63) is 24.1 Å². The summed E-state index contributed by atoms with van der Waals surface area (Å²) in [6, 6.07) is 0.189. The first-order valence-electron chi connectivity index (χ1n) is 4.25. The van der Waals surface area contributed by atoms with Gasteiger partial charge in [-0.05, 0) is 25.0 Å². The summed E-state index contributed by atoms with van der Waals surface area (Å²) in [6.07, 6.45) is 4.66. The third-order valence-corrected chi connectivity index (χ3v) is 1.73. The molecule has 0 saturated heterocycles. The minimum Gasteiger partial charge on any atom is -0.423 e. The van der Waals surface area contributed by atoms with E-state index in [1.807, 2.05) is 6.92 Å². The number of rotatable bonds is 3. The predicted molar refractivity (Wildman–Crippen MR) is 54.9 cm³/mol. The standard InChI is InChI=1S/C10H14N2O/c1-4-6-7(3)9-8(5-2)12-10(11)13-9/h5-6H,2,4H2,1,3H3,(H2,11,12)/b7-6-. The second-order valence-electron chi connectivity index (χ2n) is 2.77. The van der Waals surface area contributed by atoms with Crippen LogP contribution in [0, 0.1) is 0 Å². The molecule has 0 atom stereocenters. The molecule has 0 aromatic carbocycles. The second kappa shape index (κ2) is 3.94. The summed E-state index contributed by atoms with van der Waals surface area (Å²) in [5.74, 6) is 0.717. The van der Waals surface area contributed by atoms with Crippen LogP contribution in [0.3, 0.4) is 0 Å².